The van der Waals surface area contributed by atoms with Gasteiger partial charge in [-0.05, 0) is 89.9 Å². The van der Waals surface area contributed by atoms with Gasteiger partial charge in [-0.1, -0.05) is 223 Å². The number of ether oxygens (including phenoxy) is 1. The maximum absolute atomic E-state index is 12.4. The second-order valence-electron chi connectivity index (χ2n) is 18.5. The highest BCUT2D eigenvalue weighted by atomic mass is 16.5. The van der Waals surface area contributed by atoms with E-state index in [2.05, 4.69) is 55.6 Å². The minimum Gasteiger partial charge on any atom is -0.466 e. The largest absolute Gasteiger partial charge is 0.466 e. The van der Waals surface area contributed by atoms with Crippen LogP contribution >= 0.6 is 0 Å². The number of hydrogen-bond acceptors (Lipinski definition) is 5. The van der Waals surface area contributed by atoms with Crippen molar-refractivity contribution in [2.45, 2.75) is 289 Å². The number of aliphatic hydroxyl groups is 2. The molecule has 0 aliphatic rings. The Labute approximate surface area is 391 Å². The van der Waals surface area contributed by atoms with Crippen LogP contribution in [0, 0.1) is 0 Å². The Morgan fingerprint density at radius 1 is 0.444 bits per heavy atom. The van der Waals surface area contributed by atoms with E-state index in [1.54, 1.807) is 6.08 Å². The second-order valence-corrected chi connectivity index (χ2v) is 18.5. The molecule has 0 saturated heterocycles. The van der Waals surface area contributed by atoms with Crippen molar-refractivity contribution in [2.75, 3.05) is 13.2 Å². The molecule has 3 N–H and O–H groups in total. The number of rotatable bonds is 50. The van der Waals surface area contributed by atoms with Gasteiger partial charge in [-0.3, -0.25) is 9.59 Å². The SMILES string of the molecule is CCCCCC/C=C\C/C=C\CCCCCCCC(=O)OCCCCCCCCCCCC/C=C\CCCCCCCCCC(=O)NC(CO)C(O)/C=C/CCCCCCCCC. The predicted octanol–water partition coefficient (Wildman–Crippen LogP) is 16.6. The lowest BCUT2D eigenvalue weighted by atomic mass is 10.0. The Hall–Kier alpha value is -2.18. The number of aliphatic hydroxyl groups excluding tert-OH is 2. The van der Waals surface area contributed by atoms with E-state index in [4.69, 9.17) is 4.74 Å². The molecule has 0 fully saturated rings. The maximum Gasteiger partial charge on any atom is 0.305 e. The lowest BCUT2D eigenvalue weighted by Gasteiger charge is -2.20. The molecule has 368 valence electrons. The van der Waals surface area contributed by atoms with Crippen LogP contribution in [-0.2, 0) is 14.3 Å². The molecule has 0 radical (unpaired) electrons. The third-order valence-electron chi connectivity index (χ3n) is 12.3. The van der Waals surface area contributed by atoms with Gasteiger partial charge in [0.15, 0.2) is 0 Å². The molecule has 0 rings (SSSR count). The van der Waals surface area contributed by atoms with Gasteiger partial charge in [-0.2, -0.15) is 0 Å². The van der Waals surface area contributed by atoms with Crippen LogP contribution in [0.15, 0.2) is 48.6 Å². The zero-order chi connectivity index (χ0) is 45.8. The lowest BCUT2D eigenvalue weighted by Crippen LogP contribution is -2.45. The van der Waals surface area contributed by atoms with E-state index in [9.17, 15) is 19.8 Å². The van der Waals surface area contributed by atoms with E-state index >= 15 is 0 Å². The number of amides is 1. The van der Waals surface area contributed by atoms with E-state index in [1.807, 2.05) is 6.08 Å². The topological polar surface area (TPSA) is 95.9 Å². The fraction of sp³-hybridized carbons (Fsp3) is 0.825. The highest BCUT2D eigenvalue weighted by molar-refractivity contribution is 5.76. The predicted molar refractivity (Wildman–Crippen MR) is 273 cm³/mol. The van der Waals surface area contributed by atoms with Gasteiger partial charge in [0, 0.05) is 12.8 Å². The van der Waals surface area contributed by atoms with E-state index in [-0.39, 0.29) is 18.5 Å². The molecule has 0 aromatic heterocycles. The molecule has 0 spiro atoms. The summed E-state index contributed by atoms with van der Waals surface area (Å²) in [6.45, 7) is 4.84. The van der Waals surface area contributed by atoms with Gasteiger partial charge in [0.05, 0.1) is 25.4 Å². The van der Waals surface area contributed by atoms with E-state index in [0.717, 1.165) is 57.8 Å². The summed E-state index contributed by atoms with van der Waals surface area (Å²) in [7, 11) is 0. The molecule has 2 unspecified atom stereocenters. The van der Waals surface area contributed by atoms with Crippen LogP contribution in [-0.4, -0.2) is 47.4 Å². The normalized spacial score (nSPS) is 13.0. The molecular formula is C57H105NO5. The second kappa shape index (κ2) is 52.4. The van der Waals surface area contributed by atoms with Gasteiger partial charge in [0.2, 0.25) is 5.91 Å². The van der Waals surface area contributed by atoms with Crippen molar-refractivity contribution in [3.05, 3.63) is 48.6 Å². The molecule has 0 heterocycles. The van der Waals surface area contributed by atoms with Crippen LogP contribution in [0.3, 0.4) is 0 Å². The molecule has 0 aliphatic carbocycles. The number of hydrogen-bond donors (Lipinski definition) is 3. The number of carbonyl (C=O) groups excluding carboxylic acids is 2. The van der Waals surface area contributed by atoms with Crippen LogP contribution in [0.2, 0.25) is 0 Å². The van der Waals surface area contributed by atoms with Crippen LogP contribution in [0.5, 0.6) is 0 Å². The van der Waals surface area contributed by atoms with Gasteiger partial charge in [0.1, 0.15) is 0 Å². The number of allylic oxidation sites excluding steroid dienone is 7. The standard InChI is InChI=1S/C57H105NO5/c1-3-5-7-9-11-13-14-15-16-25-28-31-35-39-43-47-51-57(62)63-52-48-44-40-36-32-29-26-23-21-19-17-18-20-22-24-27-30-34-38-42-46-50-56(61)58-54(53-59)55(60)49-45-41-37-33-12-10-8-6-4-2/h13-14,16,18,20,25,45,49,54-55,59-60H,3-12,15,17,19,21-24,26-44,46-48,50-53H2,1-2H3,(H,58,61)/b14-13-,20-18-,25-16-,49-45+. The molecule has 0 saturated carbocycles. The zero-order valence-electron chi connectivity index (χ0n) is 41.8. The average Bonchev–Trinajstić information content (AvgIpc) is 3.28. The third-order valence-corrected chi connectivity index (χ3v) is 12.3. The molecule has 63 heavy (non-hydrogen) atoms. The first-order valence-electron chi connectivity index (χ1n) is 27.4. The number of carbonyl (C=O) groups is 2. The average molecular weight is 884 g/mol. The zero-order valence-corrected chi connectivity index (χ0v) is 41.8. The Morgan fingerprint density at radius 2 is 0.794 bits per heavy atom. The van der Waals surface area contributed by atoms with Gasteiger partial charge in [0.25, 0.3) is 0 Å². The monoisotopic (exact) mass is 884 g/mol. The summed E-state index contributed by atoms with van der Waals surface area (Å²) in [6.07, 6.45) is 65.6. The smallest absolute Gasteiger partial charge is 0.305 e. The first-order chi connectivity index (χ1) is 31.0. The van der Waals surface area contributed by atoms with Crippen molar-refractivity contribution in [3.8, 4) is 0 Å². The highest BCUT2D eigenvalue weighted by Crippen LogP contribution is 2.15. The Balaban J connectivity index is 3.43. The Bertz CT molecular complexity index is 1070. The molecule has 0 bridgehead atoms. The van der Waals surface area contributed by atoms with Crippen molar-refractivity contribution >= 4 is 11.9 Å². The van der Waals surface area contributed by atoms with Crippen molar-refractivity contribution in [2.24, 2.45) is 0 Å². The van der Waals surface area contributed by atoms with E-state index in [1.165, 1.54) is 193 Å². The Morgan fingerprint density at radius 3 is 1.24 bits per heavy atom. The molecule has 6 heteroatoms. The van der Waals surface area contributed by atoms with Crippen LogP contribution in [0.4, 0.5) is 0 Å². The van der Waals surface area contributed by atoms with Crippen molar-refractivity contribution in [1.82, 2.24) is 5.32 Å². The Kier molecular flexibility index (Phi) is 50.6. The minimum atomic E-state index is -0.848. The summed E-state index contributed by atoms with van der Waals surface area (Å²) in [6, 6.07) is -0.632. The molecule has 2 atom stereocenters. The quantitative estimate of drug-likeness (QED) is 0.0321. The molecule has 0 aliphatic heterocycles. The highest BCUT2D eigenvalue weighted by Gasteiger charge is 2.18. The lowest BCUT2D eigenvalue weighted by molar-refractivity contribution is -0.143. The van der Waals surface area contributed by atoms with Crippen molar-refractivity contribution in [3.63, 3.8) is 0 Å². The summed E-state index contributed by atoms with van der Waals surface area (Å²) in [4.78, 5) is 24.4. The number of esters is 1. The van der Waals surface area contributed by atoms with E-state index in [0.29, 0.717) is 19.4 Å². The summed E-state index contributed by atoms with van der Waals surface area (Å²) < 4.78 is 5.47. The first-order valence-corrected chi connectivity index (χ1v) is 27.4. The van der Waals surface area contributed by atoms with Crippen LogP contribution in [0.1, 0.15) is 277 Å². The van der Waals surface area contributed by atoms with Crippen molar-refractivity contribution < 1.29 is 24.5 Å². The number of unbranched alkanes of at least 4 members (excludes halogenated alkanes) is 33. The van der Waals surface area contributed by atoms with Gasteiger partial charge in [-0.15, -0.1) is 0 Å². The van der Waals surface area contributed by atoms with E-state index < -0.39 is 12.1 Å². The fourth-order valence-electron chi connectivity index (χ4n) is 8.07. The fourth-order valence-corrected chi connectivity index (χ4v) is 8.07. The third kappa shape index (κ3) is 49.1. The van der Waals surface area contributed by atoms with Crippen molar-refractivity contribution in [1.29, 1.82) is 0 Å². The molecule has 6 nitrogen and oxygen atoms in total. The van der Waals surface area contributed by atoms with Crippen LogP contribution in [0.25, 0.3) is 0 Å². The summed E-state index contributed by atoms with van der Waals surface area (Å²) in [5.41, 5.74) is 0. The van der Waals surface area contributed by atoms with Crippen LogP contribution < -0.4 is 5.32 Å². The van der Waals surface area contributed by atoms with Gasteiger partial charge >= 0.3 is 5.97 Å². The molecule has 0 aromatic carbocycles. The molecular weight excluding hydrogens is 779 g/mol. The molecule has 1 amide bonds. The van der Waals surface area contributed by atoms with Gasteiger partial charge in [-0.25, -0.2) is 0 Å². The summed E-state index contributed by atoms with van der Waals surface area (Å²) in [5, 5.41) is 22.9. The number of nitrogens with one attached hydrogen (secondary N) is 1. The molecule has 0 aromatic rings. The first kappa shape index (κ1) is 60.8. The van der Waals surface area contributed by atoms with Gasteiger partial charge < -0.3 is 20.3 Å². The summed E-state index contributed by atoms with van der Waals surface area (Å²) >= 11 is 0. The summed E-state index contributed by atoms with van der Waals surface area (Å²) in [5.74, 6) is -0.0866. The minimum absolute atomic E-state index is 0.00686. The maximum atomic E-state index is 12.4.